The van der Waals surface area contributed by atoms with Gasteiger partial charge in [-0.25, -0.2) is 4.39 Å². The molecule has 106 valence electrons. The van der Waals surface area contributed by atoms with Gasteiger partial charge >= 0.3 is 0 Å². The van der Waals surface area contributed by atoms with Crippen molar-refractivity contribution in [3.63, 3.8) is 0 Å². The number of rotatable bonds is 4. The standard InChI is InChI=1S/C16H17FO3/c1-10-7-8-13(15(9-10)19-3)20-14-6-4-5-12(17)16(14)11(2)18/h4-9,11,18H,1-3H3/t11-/m1/s1. The molecule has 1 atom stereocenters. The van der Waals surface area contributed by atoms with E-state index in [0.717, 1.165) is 5.56 Å². The predicted octanol–water partition coefficient (Wildman–Crippen LogP) is 3.99. The van der Waals surface area contributed by atoms with Crippen LogP contribution in [-0.2, 0) is 0 Å². The summed E-state index contributed by atoms with van der Waals surface area (Å²) in [6.07, 6.45) is -0.956. The molecule has 0 bridgehead atoms. The fourth-order valence-electron chi connectivity index (χ4n) is 1.99. The highest BCUT2D eigenvalue weighted by molar-refractivity contribution is 5.47. The molecule has 0 aliphatic carbocycles. The second-order valence-corrected chi connectivity index (χ2v) is 4.58. The van der Waals surface area contributed by atoms with Gasteiger partial charge in [0.25, 0.3) is 0 Å². The lowest BCUT2D eigenvalue weighted by Crippen LogP contribution is -2.00. The molecule has 2 aromatic rings. The molecule has 2 aromatic carbocycles. The molecular weight excluding hydrogens is 259 g/mol. The Morgan fingerprint density at radius 1 is 1.10 bits per heavy atom. The number of ether oxygens (including phenoxy) is 2. The van der Waals surface area contributed by atoms with Crippen LogP contribution in [0.2, 0.25) is 0 Å². The fourth-order valence-corrected chi connectivity index (χ4v) is 1.99. The van der Waals surface area contributed by atoms with Gasteiger partial charge in [0.1, 0.15) is 11.6 Å². The van der Waals surface area contributed by atoms with Crippen molar-refractivity contribution in [2.45, 2.75) is 20.0 Å². The Labute approximate surface area is 117 Å². The Hall–Kier alpha value is -2.07. The summed E-state index contributed by atoms with van der Waals surface area (Å²) in [6, 6.07) is 9.91. The van der Waals surface area contributed by atoms with Gasteiger partial charge in [0.2, 0.25) is 0 Å². The number of halogens is 1. The van der Waals surface area contributed by atoms with Gasteiger partial charge in [-0.3, -0.25) is 0 Å². The van der Waals surface area contributed by atoms with Gasteiger partial charge in [0.05, 0.1) is 18.8 Å². The van der Waals surface area contributed by atoms with Gasteiger partial charge in [0, 0.05) is 0 Å². The maximum atomic E-state index is 13.8. The molecule has 3 nitrogen and oxygen atoms in total. The van der Waals surface area contributed by atoms with Crippen molar-refractivity contribution in [3.05, 3.63) is 53.3 Å². The summed E-state index contributed by atoms with van der Waals surface area (Å²) in [5.74, 6) is 0.821. The molecule has 20 heavy (non-hydrogen) atoms. The molecule has 0 saturated carbocycles. The van der Waals surface area contributed by atoms with Crippen molar-refractivity contribution in [2.75, 3.05) is 7.11 Å². The second kappa shape index (κ2) is 5.92. The highest BCUT2D eigenvalue weighted by Crippen LogP contribution is 2.36. The quantitative estimate of drug-likeness (QED) is 0.917. The van der Waals surface area contributed by atoms with E-state index in [0.29, 0.717) is 11.5 Å². The highest BCUT2D eigenvalue weighted by Gasteiger charge is 2.16. The Kier molecular flexibility index (Phi) is 4.25. The Balaban J connectivity index is 2.43. The van der Waals surface area contributed by atoms with Gasteiger partial charge in [0.15, 0.2) is 11.5 Å². The maximum absolute atomic E-state index is 13.8. The van der Waals surface area contributed by atoms with E-state index in [4.69, 9.17) is 9.47 Å². The van der Waals surface area contributed by atoms with Gasteiger partial charge in [-0.05, 0) is 43.7 Å². The topological polar surface area (TPSA) is 38.7 Å². The summed E-state index contributed by atoms with van der Waals surface area (Å²) in [7, 11) is 1.54. The van der Waals surface area contributed by atoms with Crippen LogP contribution in [0.4, 0.5) is 4.39 Å². The smallest absolute Gasteiger partial charge is 0.169 e. The minimum Gasteiger partial charge on any atom is -0.493 e. The number of aryl methyl sites for hydroxylation is 1. The summed E-state index contributed by atoms with van der Waals surface area (Å²) in [6.45, 7) is 3.44. The molecule has 1 N–H and O–H groups in total. The molecule has 2 rings (SSSR count). The van der Waals surface area contributed by atoms with Crippen LogP contribution < -0.4 is 9.47 Å². The van der Waals surface area contributed by atoms with E-state index in [2.05, 4.69) is 0 Å². The monoisotopic (exact) mass is 276 g/mol. The van der Waals surface area contributed by atoms with E-state index in [9.17, 15) is 9.50 Å². The molecule has 4 heteroatoms. The van der Waals surface area contributed by atoms with Crippen LogP contribution in [0.3, 0.4) is 0 Å². The zero-order chi connectivity index (χ0) is 14.7. The molecule has 0 aliphatic rings. The highest BCUT2D eigenvalue weighted by atomic mass is 19.1. The average molecular weight is 276 g/mol. The molecule has 0 heterocycles. The van der Waals surface area contributed by atoms with Crippen molar-refractivity contribution in [1.29, 1.82) is 0 Å². The van der Waals surface area contributed by atoms with Crippen molar-refractivity contribution in [2.24, 2.45) is 0 Å². The number of benzene rings is 2. The van der Waals surface area contributed by atoms with Gasteiger partial charge in [-0.1, -0.05) is 12.1 Å². The van der Waals surface area contributed by atoms with E-state index < -0.39 is 11.9 Å². The lowest BCUT2D eigenvalue weighted by atomic mass is 10.1. The van der Waals surface area contributed by atoms with E-state index in [1.807, 2.05) is 19.1 Å². The third kappa shape index (κ3) is 2.91. The zero-order valence-corrected chi connectivity index (χ0v) is 11.7. The van der Waals surface area contributed by atoms with Gasteiger partial charge in [-0.15, -0.1) is 0 Å². The van der Waals surface area contributed by atoms with Crippen molar-refractivity contribution >= 4 is 0 Å². The minimum absolute atomic E-state index is 0.134. The van der Waals surface area contributed by atoms with Crippen molar-refractivity contribution in [1.82, 2.24) is 0 Å². The fraction of sp³-hybridized carbons (Fsp3) is 0.250. The first kappa shape index (κ1) is 14.3. The van der Waals surface area contributed by atoms with E-state index >= 15 is 0 Å². The predicted molar refractivity (Wildman–Crippen MR) is 74.8 cm³/mol. The molecule has 0 unspecified atom stereocenters. The number of methoxy groups -OCH3 is 1. The first-order chi connectivity index (χ1) is 9.52. The number of aliphatic hydroxyl groups is 1. The van der Waals surface area contributed by atoms with Crippen LogP contribution in [0.1, 0.15) is 24.2 Å². The summed E-state index contributed by atoms with van der Waals surface area (Å²) in [4.78, 5) is 0. The second-order valence-electron chi connectivity index (χ2n) is 4.58. The molecule has 0 fully saturated rings. The molecule has 0 amide bonds. The van der Waals surface area contributed by atoms with Crippen LogP contribution in [0, 0.1) is 12.7 Å². The van der Waals surface area contributed by atoms with Crippen LogP contribution in [0.5, 0.6) is 17.2 Å². The minimum atomic E-state index is -0.956. The lowest BCUT2D eigenvalue weighted by molar-refractivity contribution is 0.190. The Morgan fingerprint density at radius 2 is 1.85 bits per heavy atom. The Bertz CT molecular complexity index is 609. The van der Waals surface area contributed by atoms with Crippen molar-refractivity contribution < 1.29 is 19.0 Å². The third-order valence-electron chi connectivity index (χ3n) is 2.97. The van der Waals surface area contributed by atoms with Crippen LogP contribution in [0.15, 0.2) is 36.4 Å². The summed E-state index contributed by atoms with van der Waals surface area (Å²) < 4.78 is 24.7. The van der Waals surface area contributed by atoms with Crippen LogP contribution >= 0.6 is 0 Å². The van der Waals surface area contributed by atoms with Gasteiger partial charge in [-0.2, -0.15) is 0 Å². The molecule has 0 aromatic heterocycles. The largest absolute Gasteiger partial charge is 0.493 e. The van der Waals surface area contributed by atoms with E-state index in [1.54, 1.807) is 19.2 Å². The van der Waals surface area contributed by atoms with Crippen molar-refractivity contribution in [3.8, 4) is 17.2 Å². The first-order valence-corrected chi connectivity index (χ1v) is 6.32. The summed E-state index contributed by atoms with van der Waals surface area (Å²) >= 11 is 0. The number of aliphatic hydroxyl groups excluding tert-OH is 1. The molecule has 0 spiro atoms. The summed E-state index contributed by atoms with van der Waals surface area (Å²) in [5, 5.41) is 9.68. The van der Waals surface area contributed by atoms with E-state index in [1.165, 1.54) is 19.1 Å². The average Bonchev–Trinajstić information content (AvgIpc) is 2.40. The third-order valence-corrected chi connectivity index (χ3v) is 2.97. The van der Waals surface area contributed by atoms with E-state index in [-0.39, 0.29) is 11.3 Å². The number of hydrogen-bond acceptors (Lipinski definition) is 3. The molecule has 0 saturated heterocycles. The first-order valence-electron chi connectivity index (χ1n) is 6.32. The zero-order valence-electron chi connectivity index (χ0n) is 11.7. The lowest BCUT2D eigenvalue weighted by Gasteiger charge is -2.16. The van der Waals surface area contributed by atoms with Crippen LogP contribution in [0.25, 0.3) is 0 Å². The normalized spacial score (nSPS) is 12.1. The number of hydrogen-bond donors (Lipinski definition) is 1. The SMILES string of the molecule is COc1cc(C)ccc1Oc1cccc(F)c1[C@@H](C)O. The maximum Gasteiger partial charge on any atom is 0.169 e. The Morgan fingerprint density at radius 3 is 2.50 bits per heavy atom. The molecular formula is C16H17FO3. The molecule has 0 aliphatic heterocycles. The molecule has 0 radical (unpaired) electrons. The van der Waals surface area contributed by atoms with Gasteiger partial charge < -0.3 is 14.6 Å². The van der Waals surface area contributed by atoms with Crippen LogP contribution in [-0.4, -0.2) is 12.2 Å². The summed E-state index contributed by atoms with van der Waals surface area (Å²) in [5.41, 5.74) is 1.17.